The van der Waals surface area contributed by atoms with Crippen LogP contribution in [0.5, 0.6) is 0 Å². The summed E-state index contributed by atoms with van der Waals surface area (Å²) in [6.07, 6.45) is 0. The topological polar surface area (TPSA) is 51.2 Å². The second-order valence-electron chi connectivity index (χ2n) is 6.02. The van der Waals surface area contributed by atoms with Gasteiger partial charge in [0.1, 0.15) is 5.82 Å². The summed E-state index contributed by atoms with van der Waals surface area (Å²) in [6.45, 7) is 1.95. The lowest BCUT2D eigenvalue weighted by molar-refractivity contribution is 0.0596. The highest BCUT2D eigenvalue weighted by atomic mass is 32.1. The Kier molecular flexibility index (Phi) is 4.56. The minimum atomic E-state index is -0.511. The third kappa shape index (κ3) is 3.66. The van der Waals surface area contributed by atoms with Gasteiger partial charge in [-0.3, -0.25) is 0 Å². The van der Waals surface area contributed by atoms with Crippen LogP contribution in [0, 0.1) is 12.7 Å². The normalized spacial score (nSPS) is 10.7. The van der Waals surface area contributed by atoms with Gasteiger partial charge < -0.3 is 4.84 Å². The number of carbonyl (C=O) groups excluding carboxylic acids is 1. The number of nitrogens with one attached hydrogen (secondary N) is 1. The number of hydrogen-bond acceptors (Lipinski definition) is 5. The van der Waals surface area contributed by atoms with Crippen molar-refractivity contribution in [2.75, 3.05) is 5.48 Å². The van der Waals surface area contributed by atoms with Crippen LogP contribution in [0.25, 0.3) is 21.3 Å². The Labute approximate surface area is 159 Å². The zero-order valence-electron chi connectivity index (χ0n) is 14.4. The van der Waals surface area contributed by atoms with E-state index in [1.807, 2.05) is 43.3 Å². The maximum atomic E-state index is 13.2. The van der Waals surface area contributed by atoms with E-state index in [2.05, 4.69) is 10.5 Å². The highest BCUT2D eigenvalue weighted by Crippen LogP contribution is 2.27. The SMILES string of the molecule is Cc1cc(C(=O)ONc2nc3ccc(F)cc3s2)ccc1-c1ccccc1. The molecule has 4 nitrogen and oxygen atoms in total. The molecule has 4 rings (SSSR count). The lowest BCUT2D eigenvalue weighted by Gasteiger charge is -2.09. The molecular weight excluding hydrogens is 363 g/mol. The van der Waals surface area contributed by atoms with Gasteiger partial charge >= 0.3 is 5.97 Å². The van der Waals surface area contributed by atoms with Crippen LogP contribution in [0.2, 0.25) is 0 Å². The highest BCUT2D eigenvalue weighted by Gasteiger charge is 2.12. The molecule has 6 heteroatoms. The fourth-order valence-electron chi connectivity index (χ4n) is 2.82. The molecule has 0 radical (unpaired) electrons. The maximum Gasteiger partial charge on any atom is 0.362 e. The van der Waals surface area contributed by atoms with E-state index in [0.717, 1.165) is 16.7 Å². The predicted octanol–water partition coefficient (Wildman–Crippen LogP) is 5.59. The molecule has 0 unspecified atom stereocenters. The number of aromatic nitrogens is 1. The Morgan fingerprint density at radius 3 is 2.67 bits per heavy atom. The fourth-order valence-corrected chi connectivity index (χ4v) is 3.65. The van der Waals surface area contributed by atoms with Crippen LogP contribution in [0.15, 0.2) is 66.7 Å². The third-order valence-corrected chi connectivity index (χ3v) is 5.04. The number of benzene rings is 3. The summed E-state index contributed by atoms with van der Waals surface area (Å²) in [5, 5.41) is 0.390. The summed E-state index contributed by atoms with van der Waals surface area (Å²) in [6, 6.07) is 19.7. The van der Waals surface area contributed by atoms with Crippen LogP contribution < -0.4 is 5.48 Å². The second kappa shape index (κ2) is 7.17. The average Bonchev–Trinajstić information content (AvgIpc) is 3.08. The molecule has 4 aromatic rings. The van der Waals surface area contributed by atoms with Crippen molar-refractivity contribution in [1.29, 1.82) is 0 Å². The van der Waals surface area contributed by atoms with Gasteiger partial charge in [-0.05, 0) is 53.9 Å². The number of rotatable bonds is 4. The van der Waals surface area contributed by atoms with Gasteiger partial charge in [-0.15, -0.1) is 0 Å². The largest absolute Gasteiger partial charge is 0.362 e. The molecule has 0 aliphatic rings. The molecule has 0 amide bonds. The molecule has 3 aromatic carbocycles. The summed E-state index contributed by atoms with van der Waals surface area (Å²) in [7, 11) is 0. The first-order valence-corrected chi connectivity index (χ1v) is 9.11. The van der Waals surface area contributed by atoms with Crippen molar-refractivity contribution < 1.29 is 14.0 Å². The molecule has 27 heavy (non-hydrogen) atoms. The first-order valence-electron chi connectivity index (χ1n) is 8.29. The standard InChI is InChI=1S/C21H15FN2O2S/c1-13-11-15(7-9-17(13)14-5-3-2-4-6-14)20(25)26-24-21-23-18-10-8-16(22)12-19(18)27-21/h2-12H,1H3,(H,23,24). The van der Waals surface area contributed by atoms with E-state index >= 15 is 0 Å². The Morgan fingerprint density at radius 2 is 1.89 bits per heavy atom. The summed E-state index contributed by atoms with van der Waals surface area (Å²) < 4.78 is 13.9. The molecule has 134 valence electrons. The predicted molar refractivity (Wildman–Crippen MR) is 105 cm³/mol. The van der Waals surface area contributed by atoms with Crippen LogP contribution in [0.1, 0.15) is 15.9 Å². The van der Waals surface area contributed by atoms with E-state index in [4.69, 9.17) is 4.84 Å². The lowest BCUT2D eigenvalue weighted by Crippen LogP contribution is -2.10. The number of fused-ring (bicyclic) bond motifs is 1. The van der Waals surface area contributed by atoms with Gasteiger partial charge in [0.05, 0.1) is 15.8 Å². The van der Waals surface area contributed by atoms with Crippen molar-refractivity contribution in [3.63, 3.8) is 0 Å². The van der Waals surface area contributed by atoms with Crippen molar-refractivity contribution in [2.24, 2.45) is 0 Å². The maximum absolute atomic E-state index is 13.2. The van der Waals surface area contributed by atoms with Crippen molar-refractivity contribution in [3.05, 3.63) is 83.7 Å². The van der Waals surface area contributed by atoms with E-state index in [-0.39, 0.29) is 5.82 Å². The zero-order chi connectivity index (χ0) is 18.8. The van der Waals surface area contributed by atoms with Crippen LogP contribution in [0.4, 0.5) is 9.52 Å². The number of aryl methyl sites for hydroxylation is 1. The molecule has 0 atom stereocenters. The van der Waals surface area contributed by atoms with Gasteiger partial charge in [0.2, 0.25) is 5.13 Å². The average molecular weight is 378 g/mol. The highest BCUT2D eigenvalue weighted by molar-refractivity contribution is 7.22. The van der Waals surface area contributed by atoms with E-state index in [0.29, 0.717) is 20.9 Å². The van der Waals surface area contributed by atoms with Gasteiger partial charge in [-0.2, -0.15) is 5.48 Å². The summed E-state index contributed by atoms with van der Waals surface area (Å²) in [4.78, 5) is 21.7. The number of hydrogen-bond donors (Lipinski definition) is 1. The Hall–Kier alpha value is -3.25. The van der Waals surface area contributed by atoms with Gasteiger partial charge in [0.15, 0.2) is 0 Å². The third-order valence-electron chi connectivity index (χ3n) is 4.13. The quantitative estimate of drug-likeness (QED) is 0.470. The number of anilines is 1. The Morgan fingerprint density at radius 1 is 1.07 bits per heavy atom. The van der Waals surface area contributed by atoms with E-state index in [9.17, 15) is 9.18 Å². The van der Waals surface area contributed by atoms with E-state index in [1.165, 1.54) is 23.5 Å². The number of carbonyl (C=O) groups is 1. The first-order chi connectivity index (χ1) is 13.1. The van der Waals surface area contributed by atoms with E-state index < -0.39 is 5.97 Å². The fraction of sp³-hybridized carbons (Fsp3) is 0.0476. The minimum Gasteiger partial charge on any atom is -0.336 e. The van der Waals surface area contributed by atoms with Crippen LogP contribution >= 0.6 is 11.3 Å². The van der Waals surface area contributed by atoms with Gasteiger partial charge in [-0.25, -0.2) is 14.2 Å². The second-order valence-corrected chi connectivity index (χ2v) is 7.05. The lowest BCUT2D eigenvalue weighted by atomic mass is 9.98. The van der Waals surface area contributed by atoms with Gasteiger partial charge in [0.25, 0.3) is 0 Å². The molecule has 1 heterocycles. The molecule has 0 spiro atoms. The number of thiazole rings is 1. The molecule has 0 bridgehead atoms. The number of nitrogens with zero attached hydrogens (tertiary/aromatic N) is 1. The molecule has 0 aliphatic heterocycles. The first kappa shape index (κ1) is 17.2. The van der Waals surface area contributed by atoms with Crippen molar-refractivity contribution in [3.8, 4) is 11.1 Å². The molecule has 0 saturated heterocycles. The molecule has 1 aromatic heterocycles. The molecule has 0 aliphatic carbocycles. The Bertz CT molecular complexity index is 1130. The molecular formula is C21H15FN2O2S. The van der Waals surface area contributed by atoms with Crippen molar-refractivity contribution >= 4 is 32.7 Å². The molecule has 0 fully saturated rings. The summed E-state index contributed by atoms with van der Waals surface area (Å²) in [5.41, 5.74) is 6.77. The smallest absolute Gasteiger partial charge is 0.336 e. The van der Waals surface area contributed by atoms with Crippen molar-refractivity contribution in [1.82, 2.24) is 4.98 Å². The van der Waals surface area contributed by atoms with Gasteiger partial charge in [-0.1, -0.05) is 47.7 Å². The minimum absolute atomic E-state index is 0.330. The van der Waals surface area contributed by atoms with Crippen LogP contribution in [0.3, 0.4) is 0 Å². The van der Waals surface area contributed by atoms with Crippen LogP contribution in [-0.4, -0.2) is 11.0 Å². The summed E-state index contributed by atoms with van der Waals surface area (Å²) >= 11 is 1.21. The number of halogens is 1. The monoisotopic (exact) mass is 378 g/mol. The Balaban J connectivity index is 1.48. The zero-order valence-corrected chi connectivity index (χ0v) is 15.2. The van der Waals surface area contributed by atoms with Crippen molar-refractivity contribution in [2.45, 2.75) is 6.92 Å². The molecule has 0 saturated carbocycles. The van der Waals surface area contributed by atoms with Crippen LogP contribution in [-0.2, 0) is 4.84 Å². The van der Waals surface area contributed by atoms with E-state index in [1.54, 1.807) is 18.2 Å². The molecule has 1 N–H and O–H groups in total. The summed E-state index contributed by atoms with van der Waals surface area (Å²) in [5.74, 6) is -0.841. The van der Waals surface area contributed by atoms with Gasteiger partial charge in [0, 0.05) is 0 Å².